The quantitative estimate of drug-likeness (QED) is 0.427. The molecule has 4 rings (SSSR count). The van der Waals surface area contributed by atoms with Gasteiger partial charge in [0, 0.05) is 27.0 Å². The van der Waals surface area contributed by atoms with E-state index < -0.39 is 11.3 Å². The molecular formula is C20H14BrClN4O2S. The van der Waals surface area contributed by atoms with Gasteiger partial charge in [0.25, 0.3) is 5.91 Å². The number of rotatable bonds is 4. The summed E-state index contributed by atoms with van der Waals surface area (Å²) in [5.74, 6) is -0.601. The molecule has 0 aliphatic rings. The van der Waals surface area contributed by atoms with Crippen molar-refractivity contribution in [3.05, 3.63) is 73.3 Å². The van der Waals surface area contributed by atoms with E-state index in [1.54, 1.807) is 22.9 Å². The minimum Gasteiger partial charge on any atom is -0.296 e. The molecule has 2 heterocycles. The third kappa shape index (κ3) is 3.96. The Morgan fingerprint density at radius 2 is 2.00 bits per heavy atom. The topological polar surface area (TPSA) is 76.9 Å². The van der Waals surface area contributed by atoms with Crippen LogP contribution in [0.1, 0.15) is 17.4 Å². The minimum absolute atomic E-state index is 0.193. The first-order chi connectivity index (χ1) is 14.0. The molecule has 146 valence electrons. The molecule has 0 saturated heterocycles. The Kier molecular flexibility index (Phi) is 5.49. The van der Waals surface area contributed by atoms with Crippen LogP contribution in [-0.4, -0.2) is 20.7 Å². The van der Waals surface area contributed by atoms with Gasteiger partial charge in [0.2, 0.25) is 5.43 Å². The molecule has 0 radical (unpaired) electrons. The lowest BCUT2D eigenvalue weighted by Crippen LogP contribution is -2.27. The van der Waals surface area contributed by atoms with Crippen molar-refractivity contribution in [1.29, 1.82) is 0 Å². The van der Waals surface area contributed by atoms with E-state index in [0.29, 0.717) is 27.6 Å². The maximum absolute atomic E-state index is 12.8. The number of carbonyl (C=O) groups excluding carboxylic acids is 1. The summed E-state index contributed by atoms with van der Waals surface area (Å²) in [5, 5.41) is 9.94. The number of halogens is 2. The van der Waals surface area contributed by atoms with Gasteiger partial charge in [0.15, 0.2) is 10.8 Å². The van der Waals surface area contributed by atoms with Crippen LogP contribution in [0.2, 0.25) is 5.02 Å². The smallest absolute Gasteiger partial charge is 0.281 e. The average Bonchev–Trinajstić information content (AvgIpc) is 3.17. The third-order valence-electron chi connectivity index (χ3n) is 4.30. The van der Waals surface area contributed by atoms with Crippen LogP contribution in [0.3, 0.4) is 0 Å². The van der Waals surface area contributed by atoms with Crippen molar-refractivity contribution >= 4 is 60.8 Å². The summed E-state index contributed by atoms with van der Waals surface area (Å²) < 4.78 is 2.58. The zero-order valence-corrected chi connectivity index (χ0v) is 18.3. The number of nitrogens with one attached hydrogen (secondary N) is 1. The van der Waals surface area contributed by atoms with Gasteiger partial charge in [-0.1, -0.05) is 39.7 Å². The van der Waals surface area contributed by atoms with E-state index in [4.69, 9.17) is 11.6 Å². The number of carbonyl (C=O) groups is 1. The summed E-state index contributed by atoms with van der Waals surface area (Å²) >= 11 is 10.7. The molecule has 0 atom stereocenters. The van der Waals surface area contributed by atoms with Crippen LogP contribution in [0.25, 0.3) is 22.2 Å². The first kappa shape index (κ1) is 19.8. The molecule has 2 aromatic heterocycles. The van der Waals surface area contributed by atoms with Gasteiger partial charge in [-0.3, -0.25) is 19.6 Å². The van der Waals surface area contributed by atoms with E-state index in [0.717, 1.165) is 15.7 Å². The normalized spacial score (nSPS) is 11.0. The van der Waals surface area contributed by atoms with Crippen molar-refractivity contribution in [3.63, 3.8) is 0 Å². The number of aryl methyl sites for hydroxylation is 1. The van der Waals surface area contributed by atoms with Gasteiger partial charge in [-0.15, -0.1) is 11.3 Å². The van der Waals surface area contributed by atoms with Gasteiger partial charge < -0.3 is 0 Å². The molecule has 1 N–H and O–H groups in total. The fraction of sp³-hybridized carbons (Fsp3) is 0.100. The largest absolute Gasteiger partial charge is 0.296 e. The van der Waals surface area contributed by atoms with E-state index in [1.807, 2.05) is 36.6 Å². The number of fused-ring (bicyclic) bond motifs is 1. The van der Waals surface area contributed by atoms with Crippen LogP contribution in [0, 0.1) is 0 Å². The second-order valence-corrected chi connectivity index (χ2v) is 8.36. The van der Waals surface area contributed by atoms with Crippen LogP contribution in [0.4, 0.5) is 5.13 Å². The number of benzene rings is 2. The number of aromatic nitrogens is 3. The fourth-order valence-electron chi connectivity index (χ4n) is 2.89. The van der Waals surface area contributed by atoms with Gasteiger partial charge in [-0.05, 0) is 37.3 Å². The highest BCUT2D eigenvalue weighted by Gasteiger charge is 2.19. The first-order valence-electron chi connectivity index (χ1n) is 8.69. The lowest BCUT2D eigenvalue weighted by atomic mass is 10.2. The molecule has 29 heavy (non-hydrogen) atoms. The third-order valence-corrected chi connectivity index (χ3v) is 5.82. The van der Waals surface area contributed by atoms with Crippen molar-refractivity contribution in [3.8, 4) is 11.3 Å². The summed E-state index contributed by atoms with van der Waals surface area (Å²) in [5.41, 5.74) is 1.64. The van der Waals surface area contributed by atoms with Crippen molar-refractivity contribution in [2.45, 2.75) is 13.5 Å². The highest BCUT2D eigenvalue weighted by Crippen LogP contribution is 2.26. The molecule has 0 aliphatic carbocycles. The Labute approximate surface area is 183 Å². The summed E-state index contributed by atoms with van der Waals surface area (Å²) in [4.78, 5) is 30.0. The van der Waals surface area contributed by atoms with E-state index >= 15 is 0 Å². The van der Waals surface area contributed by atoms with Crippen molar-refractivity contribution < 1.29 is 4.79 Å². The molecule has 0 bridgehead atoms. The van der Waals surface area contributed by atoms with Gasteiger partial charge >= 0.3 is 0 Å². The molecule has 4 aromatic rings. The first-order valence-corrected chi connectivity index (χ1v) is 10.7. The standard InChI is InChI=1S/C20H14BrClN4O2S/c1-2-26-16-8-7-13(22)9-14(16)18(27)17(25-26)19(28)24-20-23-15(10-29-20)11-3-5-12(21)6-4-11/h3-10H,2H2,1H3,(H,23,24,28). The number of thiazole rings is 1. The fourth-order valence-corrected chi connectivity index (χ4v) is 4.04. The second kappa shape index (κ2) is 8.06. The van der Waals surface area contributed by atoms with E-state index in [2.05, 4.69) is 31.3 Å². The molecule has 0 fully saturated rings. The van der Waals surface area contributed by atoms with Crippen molar-refractivity contribution in [2.24, 2.45) is 0 Å². The zero-order chi connectivity index (χ0) is 20.5. The molecule has 0 saturated carbocycles. The summed E-state index contributed by atoms with van der Waals surface area (Å²) in [7, 11) is 0. The highest BCUT2D eigenvalue weighted by atomic mass is 79.9. The molecule has 6 nitrogen and oxygen atoms in total. The number of nitrogens with zero attached hydrogens (tertiary/aromatic N) is 3. The number of anilines is 1. The van der Waals surface area contributed by atoms with E-state index in [9.17, 15) is 9.59 Å². The van der Waals surface area contributed by atoms with Gasteiger partial charge in [-0.2, -0.15) is 5.10 Å². The molecule has 0 unspecified atom stereocenters. The van der Waals surface area contributed by atoms with Crippen LogP contribution in [0.15, 0.2) is 57.1 Å². The molecule has 0 aliphatic heterocycles. The van der Waals surface area contributed by atoms with E-state index in [1.165, 1.54) is 11.3 Å². The maximum atomic E-state index is 12.8. The predicted octanol–water partition coefficient (Wildman–Crippen LogP) is 5.21. The molecule has 2 aromatic carbocycles. The van der Waals surface area contributed by atoms with Crippen molar-refractivity contribution in [2.75, 3.05) is 5.32 Å². The Balaban J connectivity index is 1.67. The van der Waals surface area contributed by atoms with Crippen LogP contribution < -0.4 is 10.7 Å². The van der Waals surface area contributed by atoms with Crippen molar-refractivity contribution in [1.82, 2.24) is 14.8 Å². The number of hydrogen-bond donors (Lipinski definition) is 1. The molecule has 0 spiro atoms. The summed E-state index contributed by atoms with van der Waals surface area (Å²) in [6.45, 7) is 2.39. The highest BCUT2D eigenvalue weighted by molar-refractivity contribution is 9.10. The van der Waals surface area contributed by atoms with Gasteiger partial charge in [0.1, 0.15) is 0 Å². The second-order valence-electron chi connectivity index (χ2n) is 6.15. The van der Waals surface area contributed by atoms with Gasteiger partial charge in [0.05, 0.1) is 16.6 Å². The van der Waals surface area contributed by atoms with Crippen LogP contribution in [-0.2, 0) is 6.54 Å². The maximum Gasteiger partial charge on any atom is 0.281 e. The SMILES string of the molecule is CCn1nc(C(=O)Nc2nc(-c3ccc(Br)cc3)cs2)c(=O)c2cc(Cl)ccc21. The molecule has 9 heteroatoms. The number of hydrogen-bond acceptors (Lipinski definition) is 5. The lowest BCUT2D eigenvalue weighted by molar-refractivity contribution is 0.101. The van der Waals surface area contributed by atoms with Crippen LogP contribution in [0.5, 0.6) is 0 Å². The minimum atomic E-state index is -0.601. The zero-order valence-electron chi connectivity index (χ0n) is 15.1. The summed E-state index contributed by atoms with van der Waals surface area (Å²) in [6.07, 6.45) is 0. The van der Waals surface area contributed by atoms with Gasteiger partial charge in [-0.25, -0.2) is 4.98 Å². The van der Waals surface area contributed by atoms with E-state index in [-0.39, 0.29) is 5.69 Å². The Morgan fingerprint density at radius 1 is 1.24 bits per heavy atom. The Bertz CT molecular complexity index is 1280. The predicted molar refractivity (Wildman–Crippen MR) is 120 cm³/mol. The lowest BCUT2D eigenvalue weighted by Gasteiger charge is -2.10. The summed E-state index contributed by atoms with van der Waals surface area (Å²) in [6, 6.07) is 12.7. The molecular weight excluding hydrogens is 476 g/mol. The monoisotopic (exact) mass is 488 g/mol. The molecule has 1 amide bonds. The number of amides is 1. The van der Waals surface area contributed by atoms with Crippen LogP contribution >= 0.6 is 38.9 Å². The Hall–Kier alpha value is -2.55. The Morgan fingerprint density at radius 3 is 2.72 bits per heavy atom. The average molecular weight is 490 g/mol.